The fraction of sp³-hybridized carbons (Fsp3) is 0.619. The lowest BCUT2D eigenvalue weighted by molar-refractivity contribution is -0.134. The first-order valence-electron chi connectivity index (χ1n) is 9.75. The van der Waals surface area contributed by atoms with Gasteiger partial charge in [-0.1, -0.05) is 31.0 Å². The largest absolute Gasteiger partial charge is 0.478 e. The van der Waals surface area contributed by atoms with E-state index in [1.165, 1.54) is 25.7 Å². The van der Waals surface area contributed by atoms with E-state index in [-0.39, 0.29) is 0 Å². The van der Waals surface area contributed by atoms with Crippen LogP contribution in [0.3, 0.4) is 0 Å². The van der Waals surface area contributed by atoms with Crippen LogP contribution in [-0.4, -0.2) is 35.0 Å². The van der Waals surface area contributed by atoms with E-state index in [1.807, 2.05) is 12.1 Å². The molecular weight excluding hydrogens is 314 g/mol. The molecule has 0 aromatic heterocycles. The first-order chi connectivity index (χ1) is 12.1. The first kappa shape index (κ1) is 16.6. The van der Waals surface area contributed by atoms with Gasteiger partial charge in [-0.25, -0.2) is 4.79 Å². The van der Waals surface area contributed by atoms with Crippen LogP contribution in [0.25, 0.3) is 0 Å². The van der Waals surface area contributed by atoms with E-state index >= 15 is 0 Å². The quantitative estimate of drug-likeness (QED) is 0.910. The third-order valence-electron chi connectivity index (χ3n) is 6.62. The highest BCUT2D eigenvalue weighted by molar-refractivity contribution is 5.89. The van der Waals surface area contributed by atoms with Gasteiger partial charge in [-0.05, 0) is 61.5 Å². The second kappa shape index (κ2) is 6.81. The highest BCUT2D eigenvalue weighted by atomic mass is 16.4. The van der Waals surface area contributed by atoms with Crippen molar-refractivity contribution in [3.63, 3.8) is 0 Å². The molecule has 1 amide bonds. The van der Waals surface area contributed by atoms with Crippen LogP contribution in [0.5, 0.6) is 0 Å². The van der Waals surface area contributed by atoms with E-state index in [4.69, 9.17) is 0 Å². The third kappa shape index (κ3) is 3.31. The summed E-state index contributed by atoms with van der Waals surface area (Å²) in [5.41, 5.74) is 1.34. The Morgan fingerprint density at radius 3 is 2.28 bits per heavy atom. The number of fused-ring (bicyclic) bond motifs is 1. The van der Waals surface area contributed by atoms with Crippen molar-refractivity contribution in [1.82, 2.24) is 4.90 Å². The summed E-state index contributed by atoms with van der Waals surface area (Å²) >= 11 is 0. The number of piperidine rings is 1. The molecule has 2 saturated carbocycles. The predicted molar refractivity (Wildman–Crippen MR) is 95.3 cm³/mol. The molecule has 4 heteroatoms. The Morgan fingerprint density at radius 1 is 1.00 bits per heavy atom. The number of benzene rings is 1. The Morgan fingerprint density at radius 2 is 1.64 bits per heavy atom. The number of carboxylic acid groups (broad SMARTS) is 1. The Hall–Kier alpha value is -1.84. The fourth-order valence-electron chi connectivity index (χ4n) is 5.14. The van der Waals surface area contributed by atoms with E-state index < -0.39 is 5.97 Å². The number of hydrogen-bond acceptors (Lipinski definition) is 2. The van der Waals surface area contributed by atoms with Crippen LogP contribution < -0.4 is 0 Å². The molecule has 0 radical (unpaired) electrons. The van der Waals surface area contributed by atoms with Crippen molar-refractivity contribution in [3.8, 4) is 0 Å². The molecule has 2 aliphatic carbocycles. The maximum absolute atomic E-state index is 12.8. The van der Waals surface area contributed by atoms with Crippen molar-refractivity contribution >= 4 is 11.9 Å². The van der Waals surface area contributed by atoms with Gasteiger partial charge < -0.3 is 10.0 Å². The monoisotopic (exact) mass is 341 g/mol. The summed E-state index contributed by atoms with van der Waals surface area (Å²) < 4.78 is 0. The summed E-state index contributed by atoms with van der Waals surface area (Å²) in [6.45, 7) is 1.68. The molecular formula is C21H27NO3. The van der Waals surface area contributed by atoms with Gasteiger partial charge in [-0.15, -0.1) is 0 Å². The number of carbonyl (C=O) groups is 2. The van der Waals surface area contributed by atoms with Gasteiger partial charge in [0, 0.05) is 19.0 Å². The van der Waals surface area contributed by atoms with Crippen LogP contribution in [0.15, 0.2) is 24.3 Å². The molecule has 0 spiro atoms. The second-order valence-electron chi connectivity index (χ2n) is 8.07. The number of carbonyl (C=O) groups excluding carboxylic acids is 1. The summed E-state index contributed by atoms with van der Waals surface area (Å²) in [6.07, 6.45) is 7.89. The van der Waals surface area contributed by atoms with E-state index in [9.17, 15) is 14.7 Å². The number of amides is 1. The SMILES string of the molecule is O=C(O)c1ccccc1CC1CCN(C(=O)C2C3CCCCC32)CC1. The Balaban J connectivity index is 1.32. The van der Waals surface area contributed by atoms with Gasteiger partial charge in [-0.2, -0.15) is 0 Å². The predicted octanol–water partition coefficient (Wildman–Crippen LogP) is 3.60. The van der Waals surface area contributed by atoms with E-state index in [0.29, 0.717) is 35.1 Å². The van der Waals surface area contributed by atoms with Crippen molar-refractivity contribution in [1.29, 1.82) is 0 Å². The zero-order chi connectivity index (χ0) is 17.4. The van der Waals surface area contributed by atoms with Crippen LogP contribution in [0, 0.1) is 23.7 Å². The normalized spacial score (nSPS) is 29.1. The highest BCUT2D eigenvalue weighted by Gasteiger charge is 2.55. The van der Waals surface area contributed by atoms with Crippen LogP contribution in [-0.2, 0) is 11.2 Å². The van der Waals surface area contributed by atoms with Crippen LogP contribution in [0.2, 0.25) is 0 Å². The van der Waals surface area contributed by atoms with Crippen molar-refractivity contribution in [2.45, 2.75) is 44.9 Å². The summed E-state index contributed by atoms with van der Waals surface area (Å²) in [5, 5.41) is 9.33. The summed E-state index contributed by atoms with van der Waals surface area (Å²) in [6, 6.07) is 7.31. The standard InChI is InChI=1S/C21H27NO3/c23-20(19-17-7-3-4-8-18(17)19)22-11-9-14(10-12-22)13-15-5-1-2-6-16(15)21(24)25/h1-2,5-6,14,17-19H,3-4,7-13H2,(H,24,25). The van der Waals surface area contributed by atoms with Gasteiger partial charge in [-0.3, -0.25) is 4.79 Å². The van der Waals surface area contributed by atoms with Crippen molar-refractivity contribution in [2.24, 2.45) is 23.7 Å². The zero-order valence-corrected chi connectivity index (χ0v) is 14.7. The molecule has 4 rings (SSSR count). The van der Waals surface area contributed by atoms with E-state index in [1.54, 1.807) is 12.1 Å². The first-order valence-corrected chi connectivity index (χ1v) is 9.75. The lowest BCUT2D eigenvalue weighted by atomic mass is 9.88. The van der Waals surface area contributed by atoms with Crippen LogP contribution in [0.4, 0.5) is 0 Å². The van der Waals surface area contributed by atoms with E-state index in [2.05, 4.69) is 4.90 Å². The molecule has 1 saturated heterocycles. The van der Waals surface area contributed by atoms with Crippen LogP contribution in [0.1, 0.15) is 54.4 Å². The molecule has 4 nitrogen and oxygen atoms in total. The molecule has 3 fully saturated rings. The molecule has 1 aromatic carbocycles. The third-order valence-corrected chi connectivity index (χ3v) is 6.62. The van der Waals surface area contributed by atoms with Gasteiger partial charge >= 0.3 is 5.97 Å². The van der Waals surface area contributed by atoms with Crippen molar-refractivity contribution in [3.05, 3.63) is 35.4 Å². The number of aromatic carboxylic acids is 1. The lowest BCUT2D eigenvalue weighted by Crippen LogP contribution is -2.40. The number of rotatable bonds is 4. The number of likely N-dealkylation sites (tertiary alicyclic amines) is 1. The van der Waals surface area contributed by atoms with Crippen molar-refractivity contribution < 1.29 is 14.7 Å². The molecule has 25 heavy (non-hydrogen) atoms. The zero-order valence-electron chi connectivity index (χ0n) is 14.7. The molecule has 2 unspecified atom stereocenters. The molecule has 2 atom stereocenters. The molecule has 1 heterocycles. The van der Waals surface area contributed by atoms with Gasteiger partial charge in [0.25, 0.3) is 0 Å². The lowest BCUT2D eigenvalue weighted by Gasteiger charge is -2.32. The topological polar surface area (TPSA) is 57.6 Å². The number of carboxylic acids is 1. The smallest absolute Gasteiger partial charge is 0.335 e. The minimum Gasteiger partial charge on any atom is -0.478 e. The average molecular weight is 341 g/mol. The number of hydrogen-bond donors (Lipinski definition) is 1. The molecule has 1 N–H and O–H groups in total. The molecule has 0 bridgehead atoms. The maximum atomic E-state index is 12.8. The highest BCUT2D eigenvalue weighted by Crippen LogP contribution is 2.56. The van der Waals surface area contributed by atoms with Gasteiger partial charge in [0.15, 0.2) is 0 Å². The average Bonchev–Trinajstić information content (AvgIpc) is 3.36. The van der Waals surface area contributed by atoms with Crippen LogP contribution >= 0.6 is 0 Å². The summed E-state index contributed by atoms with van der Waals surface area (Å²) in [5.74, 6) is 1.72. The maximum Gasteiger partial charge on any atom is 0.335 e. The van der Waals surface area contributed by atoms with Gasteiger partial charge in [0.1, 0.15) is 0 Å². The Kier molecular flexibility index (Phi) is 4.53. The second-order valence-corrected chi connectivity index (χ2v) is 8.07. The number of nitrogens with zero attached hydrogens (tertiary/aromatic N) is 1. The Bertz CT molecular complexity index is 651. The summed E-state index contributed by atoms with van der Waals surface area (Å²) in [7, 11) is 0. The van der Waals surface area contributed by atoms with Gasteiger partial charge in [0.05, 0.1) is 5.56 Å². The summed E-state index contributed by atoms with van der Waals surface area (Å²) in [4.78, 5) is 26.2. The van der Waals surface area contributed by atoms with Gasteiger partial charge in [0.2, 0.25) is 5.91 Å². The molecule has 1 aliphatic heterocycles. The minimum absolute atomic E-state index is 0.326. The Labute approximate surface area is 149 Å². The van der Waals surface area contributed by atoms with E-state index in [0.717, 1.165) is 37.9 Å². The molecule has 1 aromatic rings. The fourth-order valence-corrected chi connectivity index (χ4v) is 5.14. The molecule has 3 aliphatic rings. The molecule has 134 valence electrons. The minimum atomic E-state index is -0.848. The van der Waals surface area contributed by atoms with Crippen molar-refractivity contribution in [2.75, 3.05) is 13.1 Å².